The van der Waals surface area contributed by atoms with Crippen molar-refractivity contribution in [3.8, 4) is 11.4 Å². The number of carbonyl (C=O) groups excluding carboxylic acids is 1. The van der Waals surface area contributed by atoms with Gasteiger partial charge in [-0.05, 0) is 29.2 Å². The van der Waals surface area contributed by atoms with Crippen LogP contribution in [0.2, 0.25) is 5.02 Å². The number of hydrogen-bond acceptors (Lipinski definition) is 4. The lowest BCUT2D eigenvalue weighted by atomic mass is 10.0. The van der Waals surface area contributed by atoms with E-state index in [9.17, 15) is 9.18 Å². The van der Waals surface area contributed by atoms with E-state index in [0.29, 0.717) is 47.7 Å². The fourth-order valence-corrected chi connectivity index (χ4v) is 3.71. The van der Waals surface area contributed by atoms with E-state index in [0.717, 1.165) is 5.56 Å². The lowest BCUT2D eigenvalue weighted by molar-refractivity contribution is -0.128. The number of aromatic nitrogens is 2. The van der Waals surface area contributed by atoms with Crippen molar-refractivity contribution in [1.29, 1.82) is 0 Å². The van der Waals surface area contributed by atoms with Crippen molar-refractivity contribution in [1.82, 2.24) is 15.0 Å². The Labute approximate surface area is 173 Å². The van der Waals surface area contributed by atoms with Crippen LogP contribution in [0.25, 0.3) is 11.4 Å². The van der Waals surface area contributed by atoms with Gasteiger partial charge in [0.05, 0.1) is 5.92 Å². The van der Waals surface area contributed by atoms with E-state index in [-0.39, 0.29) is 11.8 Å². The van der Waals surface area contributed by atoms with Gasteiger partial charge >= 0.3 is 0 Å². The van der Waals surface area contributed by atoms with Crippen LogP contribution in [0.15, 0.2) is 47.0 Å². The Morgan fingerprint density at radius 3 is 2.69 bits per heavy atom. The summed E-state index contributed by atoms with van der Waals surface area (Å²) in [7, 11) is 0. The second-order valence-corrected chi connectivity index (χ2v) is 8.05. The lowest BCUT2D eigenvalue weighted by Crippen LogP contribution is -2.24. The van der Waals surface area contributed by atoms with Crippen LogP contribution >= 0.6 is 11.6 Å². The van der Waals surface area contributed by atoms with E-state index < -0.39 is 5.82 Å². The molecule has 7 heteroatoms. The molecule has 5 nitrogen and oxygen atoms in total. The standard InChI is InChI=1S/C22H21ClFN3O2/c1-13(2)14-3-5-15(6-4-14)21-25-22(29-26-21)17-9-20(28)27(12-17)11-16-7-8-18(24)10-19(16)23/h3-8,10,13,17H,9,11-12H2,1-2H3. The number of halogens is 2. The van der Waals surface area contributed by atoms with Crippen LogP contribution in [-0.2, 0) is 11.3 Å². The zero-order chi connectivity index (χ0) is 20.5. The van der Waals surface area contributed by atoms with Gasteiger partial charge in [-0.3, -0.25) is 4.79 Å². The van der Waals surface area contributed by atoms with Gasteiger partial charge in [0.25, 0.3) is 0 Å². The van der Waals surface area contributed by atoms with Gasteiger partial charge in [-0.2, -0.15) is 4.98 Å². The lowest BCUT2D eigenvalue weighted by Gasteiger charge is -2.17. The van der Waals surface area contributed by atoms with Crippen LogP contribution in [-0.4, -0.2) is 27.5 Å². The second-order valence-electron chi connectivity index (χ2n) is 7.64. The Kier molecular flexibility index (Phi) is 5.37. The van der Waals surface area contributed by atoms with E-state index in [1.165, 1.54) is 17.7 Å². The van der Waals surface area contributed by atoms with Crippen molar-refractivity contribution in [2.45, 2.75) is 38.6 Å². The maximum Gasteiger partial charge on any atom is 0.232 e. The maximum absolute atomic E-state index is 13.2. The van der Waals surface area contributed by atoms with Crippen LogP contribution in [0.3, 0.4) is 0 Å². The summed E-state index contributed by atoms with van der Waals surface area (Å²) in [4.78, 5) is 18.6. The first kappa shape index (κ1) is 19.6. The molecule has 0 N–H and O–H groups in total. The van der Waals surface area contributed by atoms with Gasteiger partial charge in [0.15, 0.2) is 0 Å². The summed E-state index contributed by atoms with van der Waals surface area (Å²) in [6.07, 6.45) is 0.298. The SMILES string of the molecule is CC(C)c1ccc(-c2noc(C3CC(=O)N(Cc4ccc(F)cc4Cl)C3)n2)cc1. The van der Waals surface area contributed by atoms with Gasteiger partial charge in [0.2, 0.25) is 17.6 Å². The average molecular weight is 414 g/mol. The first-order valence-electron chi connectivity index (χ1n) is 9.56. The van der Waals surface area contributed by atoms with Crippen LogP contribution in [0.1, 0.15) is 49.1 Å². The first-order chi connectivity index (χ1) is 13.9. The maximum atomic E-state index is 13.2. The molecule has 1 aliphatic rings. The Morgan fingerprint density at radius 1 is 1.24 bits per heavy atom. The van der Waals surface area contributed by atoms with Gasteiger partial charge < -0.3 is 9.42 Å². The van der Waals surface area contributed by atoms with E-state index in [2.05, 4.69) is 36.1 Å². The molecular weight excluding hydrogens is 393 g/mol. The molecule has 1 atom stereocenters. The van der Waals surface area contributed by atoms with E-state index in [1.54, 1.807) is 11.0 Å². The molecule has 1 unspecified atom stereocenters. The summed E-state index contributed by atoms with van der Waals surface area (Å²) in [5.74, 6) is 0.838. The molecule has 150 valence electrons. The highest BCUT2D eigenvalue weighted by molar-refractivity contribution is 6.31. The van der Waals surface area contributed by atoms with Crippen LogP contribution in [0, 0.1) is 5.82 Å². The molecule has 0 saturated carbocycles. The summed E-state index contributed by atoms with van der Waals surface area (Å²) >= 11 is 6.09. The molecule has 3 aromatic rings. The van der Waals surface area contributed by atoms with Crippen molar-refractivity contribution in [2.75, 3.05) is 6.54 Å². The van der Waals surface area contributed by atoms with Crippen molar-refractivity contribution < 1.29 is 13.7 Å². The normalized spacial score (nSPS) is 16.8. The predicted molar refractivity (Wildman–Crippen MR) is 108 cm³/mol. The number of carbonyl (C=O) groups is 1. The average Bonchev–Trinajstić information content (AvgIpc) is 3.31. The molecule has 1 amide bonds. The molecule has 1 aliphatic heterocycles. The van der Waals surface area contributed by atoms with E-state index in [4.69, 9.17) is 16.1 Å². The third kappa shape index (κ3) is 4.17. The molecule has 1 aromatic heterocycles. The fraction of sp³-hybridized carbons (Fsp3) is 0.318. The van der Waals surface area contributed by atoms with Crippen LogP contribution in [0.5, 0.6) is 0 Å². The smallest absolute Gasteiger partial charge is 0.232 e. The highest BCUT2D eigenvalue weighted by Gasteiger charge is 2.34. The molecule has 29 heavy (non-hydrogen) atoms. The highest BCUT2D eigenvalue weighted by atomic mass is 35.5. The minimum atomic E-state index is -0.399. The zero-order valence-corrected chi connectivity index (χ0v) is 17.0. The van der Waals surface area contributed by atoms with Crippen molar-refractivity contribution in [3.63, 3.8) is 0 Å². The summed E-state index contributed by atoms with van der Waals surface area (Å²) in [6, 6.07) is 12.3. The summed E-state index contributed by atoms with van der Waals surface area (Å²) in [5.41, 5.74) is 2.83. The van der Waals surface area contributed by atoms with Crippen molar-refractivity contribution in [3.05, 3.63) is 70.3 Å². The van der Waals surface area contributed by atoms with E-state index >= 15 is 0 Å². The summed E-state index contributed by atoms with van der Waals surface area (Å²) in [5, 5.41) is 4.40. The van der Waals surface area contributed by atoms with Gasteiger partial charge in [-0.1, -0.05) is 60.9 Å². The first-order valence-corrected chi connectivity index (χ1v) is 9.94. The van der Waals surface area contributed by atoms with E-state index in [1.807, 2.05) is 12.1 Å². The zero-order valence-electron chi connectivity index (χ0n) is 16.2. The monoisotopic (exact) mass is 413 g/mol. The predicted octanol–water partition coefficient (Wildman–Crippen LogP) is 5.17. The van der Waals surface area contributed by atoms with Crippen molar-refractivity contribution in [2.24, 2.45) is 0 Å². The number of likely N-dealkylation sites (tertiary alicyclic amines) is 1. The third-order valence-corrected chi connectivity index (χ3v) is 5.57. The van der Waals surface area contributed by atoms with Crippen LogP contribution in [0.4, 0.5) is 4.39 Å². The molecule has 2 heterocycles. The molecule has 1 saturated heterocycles. The van der Waals surface area contributed by atoms with Gasteiger partial charge in [-0.15, -0.1) is 0 Å². The molecular formula is C22H21ClFN3O2. The van der Waals surface area contributed by atoms with Gasteiger partial charge in [-0.25, -0.2) is 4.39 Å². The quantitative estimate of drug-likeness (QED) is 0.579. The van der Waals surface area contributed by atoms with Gasteiger partial charge in [0, 0.05) is 30.1 Å². The third-order valence-electron chi connectivity index (χ3n) is 5.22. The molecule has 0 aliphatic carbocycles. The minimum absolute atomic E-state index is 0.0172. The topological polar surface area (TPSA) is 59.2 Å². The molecule has 0 radical (unpaired) electrons. The Morgan fingerprint density at radius 2 is 2.00 bits per heavy atom. The number of nitrogens with zero attached hydrogens (tertiary/aromatic N) is 3. The number of rotatable bonds is 5. The summed E-state index contributed by atoms with van der Waals surface area (Å²) in [6.45, 7) is 5.07. The summed E-state index contributed by atoms with van der Waals surface area (Å²) < 4.78 is 18.7. The molecule has 2 aromatic carbocycles. The Balaban J connectivity index is 1.46. The largest absolute Gasteiger partial charge is 0.339 e. The molecule has 4 rings (SSSR count). The van der Waals surface area contributed by atoms with Crippen LogP contribution < -0.4 is 0 Å². The Bertz CT molecular complexity index is 1030. The minimum Gasteiger partial charge on any atom is -0.339 e. The second kappa shape index (κ2) is 7.95. The number of hydrogen-bond donors (Lipinski definition) is 0. The molecule has 0 bridgehead atoms. The molecule has 1 fully saturated rings. The molecule has 0 spiro atoms. The van der Waals surface area contributed by atoms with Crippen molar-refractivity contribution >= 4 is 17.5 Å². The number of amides is 1. The highest BCUT2D eigenvalue weighted by Crippen LogP contribution is 2.31. The fourth-order valence-electron chi connectivity index (χ4n) is 3.48. The Hall–Kier alpha value is -2.73. The number of benzene rings is 2. The van der Waals surface area contributed by atoms with Gasteiger partial charge in [0.1, 0.15) is 5.82 Å².